The number of alkyl halides is 1. The van der Waals surface area contributed by atoms with E-state index in [9.17, 15) is 9.18 Å². The predicted octanol–water partition coefficient (Wildman–Crippen LogP) is 7.00. The summed E-state index contributed by atoms with van der Waals surface area (Å²) < 4.78 is 27.7. The molecule has 2 aromatic rings. The van der Waals surface area contributed by atoms with Gasteiger partial charge in [-0.1, -0.05) is 57.9 Å². The van der Waals surface area contributed by atoms with Gasteiger partial charge in [0.05, 0.1) is 6.61 Å². The van der Waals surface area contributed by atoms with Gasteiger partial charge in [-0.05, 0) is 67.3 Å². The van der Waals surface area contributed by atoms with Crippen LogP contribution in [0.2, 0.25) is 0 Å². The Morgan fingerprint density at radius 3 is 2.03 bits per heavy atom. The van der Waals surface area contributed by atoms with Crippen LogP contribution < -0.4 is 9.47 Å². The van der Waals surface area contributed by atoms with Gasteiger partial charge in [-0.2, -0.15) is 0 Å². The molecule has 0 spiro atoms. The number of benzene rings is 2. The number of ether oxygens (including phenoxy) is 2. The Balaban J connectivity index is 1.68. The third kappa shape index (κ3) is 11.0. The number of allylic oxidation sites excluding steroid dienone is 1. The summed E-state index contributed by atoms with van der Waals surface area (Å²) in [5.74, 6) is 1.04. The second kappa shape index (κ2) is 13.8. The van der Waals surface area contributed by atoms with Crippen LogP contribution in [0, 0.1) is 0 Å². The van der Waals surface area contributed by atoms with Crippen molar-refractivity contribution in [1.82, 2.24) is 0 Å². The Bertz CT molecular complexity index is 824. The molecule has 168 valence electrons. The van der Waals surface area contributed by atoms with E-state index in [0.717, 1.165) is 37.0 Å². The maximum absolute atomic E-state index is 12.3. The lowest BCUT2D eigenvalue weighted by Crippen LogP contribution is -2.16. The molecule has 0 aromatic heterocycles. The topological polar surface area (TPSA) is 44.8 Å². The Morgan fingerprint density at radius 2 is 1.42 bits per heavy atom. The molecule has 4 nitrogen and oxygen atoms in total. The fourth-order valence-electron chi connectivity index (χ4n) is 2.66. The van der Waals surface area contributed by atoms with Gasteiger partial charge in [-0.15, -0.1) is 0 Å². The highest BCUT2D eigenvalue weighted by Crippen LogP contribution is 2.21. The number of unbranched alkanes of at least 4 members (excludes halogenated alkanes) is 3. The van der Waals surface area contributed by atoms with Gasteiger partial charge in [0.15, 0.2) is 5.78 Å². The van der Waals surface area contributed by atoms with Gasteiger partial charge in [0.1, 0.15) is 11.5 Å². The number of hydrogen-bond donors (Lipinski definition) is 0. The van der Waals surface area contributed by atoms with Crippen LogP contribution in [0.5, 0.6) is 11.5 Å². The number of hydrogen-bond acceptors (Lipinski definition) is 4. The summed E-state index contributed by atoms with van der Waals surface area (Å²) in [6, 6.07) is 13.8. The van der Waals surface area contributed by atoms with Crippen molar-refractivity contribution >= 4 is 51.3 Å². The maximum Gasteiger partial charge on any atom is 0.493 e. The molecule has 0 bridgehead atoms. The molecule has 0 heterocycles. The van der Waals surface area contributed by atoms with Crippen molar-refractivity contribution in [3.63, 3.8) is 0 Å². The van der Waals surface area contributed by atoms with Gasteiger partial charge in [0, 0.05) is 12.2 Å². The van der Waals surface area contributed by atoms with E-state index in [1.54, 1.807) is 54.6 Å². The molecule has 0 atom stereocenters. The van der Waals surface area contributed by atoms with Crippen LogP contribution in [0.1, 0.15) is 41.6 Å². The molecule has 0 saturated heterocycles. The van der Waals surface area contributed by atoms with Gasteiger partial charge >= 0.3 is 6.25 Å². The molecule has 0 aliphatic heterocycles. The lowest BCUT2D eigenvalue weighted by atomic mass is 10.1. The fraction of sp³-hybridized carbons (Fsp3) is 0.318. The molecule has 0 amide bonds. The monoisotopic (exact) mass is 504 g/mol. The van der Waals surface area contributed by atoms with Crippen LogP contribution in [-0.4, -0.2) is 32.1 Å². The first-order valence-corrected chi connectivity index (χ1v) is 14.8. The second-order valence-electron chi connectivity index (χ2n) is 6.60. The van der Waals surface area contributed by atoms with Crippen LogP contribution in [0.25, 0.3) is 6.08 Å². The first-order chi connectivity index (χ1) is 14.9. The van der Waals surface area contributed by atoms with Crippen LogP contribution >= 0.6 is 33.2 Å². The molecule has 0 fully saturated rings. The summed E-state index contributed by atoms with van der Waals surface area (Å²) in [5, 5.41) is 0. The molecule has 0 aliphatic carbocycles. The smallest absolute Gasteiger partial charge is 0.493 e. The standard InChI is InChI=1S/C22H24Cl3FO4Si/c23-31(24,25)30-16-4-2-1-3-15-28-20-12-8-19(9-13-20)22(27)14-7-18-5-10-21(11-6-18)29-17-26/h5-14H,1-4,15-17H2. The summed E-state index contributed by atoms with van der Waals surface area (Å²) in [6.45, 7) is 0.186. The van der Waals surface area contributed by atoms with E-state index >= 15 is 0 Å². The highest BCUT2D eigenvalue weighted by molar-refractivity contribution is 7.62. The Kier molecular flexibility index (Phi) is 11.4. The first kappa shape index (κ1) is 25.7. The van der Waals surface area contributed by atoms with Gasteiger partial charge in [0.2, 0.25) is 6.86 Å². The van der Waals surface area contributed by atoms with Crippen LogP contribution in [-0.2, 0) is 4.43 Å². The average molecular weight is 506 g/mol. The van der Waals surface area contributed by atoms with Gasteiger partial charge in [0.25, 0.3) is 0 Å². The molecule has 2 rings (SSSR count). The minimum absolute atomic E-state index is 0.115. The fourth-order valence-corrected chi connectivity index (χ4v) is 3.73. The Hall–Kier alpha value is -1.57. The van der Waals surface area contributed by atoms with Crippen molar-refractivity contribution in [2.24, 2.45) is 0 Å². The van der Waals surface area contributed by atoms with Crippen LogP contribution in [0.4, 0.5) is 4.39 Å². The van der Waals surface area contributed by atoms with Gasteiger partial charge < -0.3 is 13.9 Å². The minimum Gasteiger partial charge on any atom is -0.494 e. The summed E-state index contributed by atoms with van der Waals surface area (Å²) in [5.41, 5.74) is 1.39. The van der Waals surface area contributed by atoms with Gasteiger partial charge in [-0.3, -0.25) is 4.79 Å². The maximum atomic E-state index is 12.3. The summed E-state index contributed by atoms with van der Waals surface area (Å²) in [4.78, 5) is 12.3. The molecule has 0 N–H and O–H groups in total. The molecule has 0 radical (unpaired) electrons. The third-order valence-electron chi connectivity index (χ3n) is 4.24. The molecule has 0 saturated carbocycles. The van der Waals surface area contributed by atoms with E-state index in [0.29, 0.717) is 24.5 Å². The van der Waals surface area contributed by atoms with E-state index in [1.165, 1.54) is 6.08 Å². The SMILES string of the molecule is O=C(C=Cc1ccc(OCF)cc1)c1ccc(OCCCCCCO[Si](Cl)(Cl)Cl)cc1. The van der Waals surface area contributed by atoms with Crippen molar-refractivity contribution in [3.8, 4) is 11.5 Å². The number of carbonyl (C=O) groups excluding carboxylic acids is 1. The second-order valence-corrected chi connectivity index (χ2v) is 14.3. The van der Waals surface area contributed by atoms with Gasteiger partial charge in [-0.25, -0.2) is 4.39 Å². The van der Waals surface area contributed by atoms with Crippen LogP contribution in [0.15, 0.2) is 54.6 Å². The lowest BCUT2D eigenvalue weighted by Gasteiger charge is -2.09. The molecule has 9 heteroatoms. The van der Waals surface area contributed by atoms with Crippen molar-refractivity contribution in [1.29, 1.82) is 0 Å². The molecule has 0 aliphatic rings. The van der Waals surface area contributed by atoms with Crippen molar-refractivity contribution in [2.45, 2.75) is 25.7 Å². The summed E-state index contributed by atoms with van der Waals surface area (Å²) in [7, 11) is 0. The highest BCUT2D eigenvalue weighted by atomic mass is 35.8. The van der Waals surface area contributed by atoms with Crippen molar-refractivity contribution < 1.29 is 23.1 Å². The molecule has 2 aromatic carbocycles. The number of halogens is 4. The van der Waals surface area contributed by atoms with E-state index < -0.39 is 13.1 Å². The molecular formula is C22H24Cl3FO4Si. The predicted molar refractivity (Wildman–Crippen MR) is 126 cm³/mol. The van der Waals surface area contributed by atoms with E-state index in [1.807, 2.05) is 0 Å². The minimum atomic E-state index is -2.97. The Labute approximate surface area is 197 Å². The normalized spacial score (nSPS) is 11.6. The zero-order valence-electron chi connectivity index (χ0n) is 16.9. The summed E-state index contributed by atoms with van der Waals surface area (Å²) in [6.07, 6.45) is 3.95. The Morgan fingerprint density at radius 1 is 0.839 bits per heavy atom. The first-order valence-electron chi connectivity index (χ1n) is 9.82. The van der Waals surface area contributed by atoms with E-state index in [-0.39, 0.29) is 5.78 Å². The van der Waals surface area contributed by atoms with E-state index in [2.05, 4.69) is 0 Å². The molecule has 31 heavy (non-hydrogen) atoms. The summed E-state index contributed by atoms with van der Waals surface area (Å²) >= 11 is 16.9. The number of carbonyl (C=O) groups is 1. The number of rotatable bonds is 14. The van der Waals surface area contributed by atoms with E-state index in [4.69, 9.17) is 47.1 Å². The number of ketones is 1. The van der Waals surface area contributed by atoms with Crippen molar-refractivity contribution in [2.75, 3.05) is 20.1 Å². The third-order valence-corrected chi connectivity index (χ3v) is 5.75. The zero-order chi connectivity index (χ0) is 22.5. The quantitative estimate of drug-likeness (QED) is 0.0912. The largest absolute Gasteiger partial charge is 0.494 e. The average Bonchev–Trinajstić information content (AvgIpc) is 2.75. The lowest BCUT2D eigenvalue weighted by molar-refractivity contribution is 0.104. The highest BCUT2D eigenvalue weighted by Gasteiger charge is 2.26. The van der Waals surface area contributed by atoms with Crippen LogP contribution in [0.3, 0.4) is 0 Å². The molecular weight excluding hydrogens is 482 g/mol. The van der Waals surface area contributed by atoms with Crippen molar-refractivity contribution in [3.05, 3.63) is 65.7 Å². The molecule has 0 unspecified atom stereocenters. The zero-order valence-corrected chi connectivity index (χ0v) is 20.1.